The van der Waals surface area contributed by atoms with Gasteiger partial charge >= 0.3 is 26.9 Å². The fraction of sp³-hybridized carbons (Fsp3) is 1.00. The van der Waals surface area contributed by atoms with E-state index >= 15 is 0 Å². The lowest BCUT2D eigenvalue weighted by atomic mass is 9.85. The van der Waals surface area contributed by atoms with Crippen molar-refractivity contribution in [1.82, 2.24) is 0 Å². The van der Waals surface area contributed by atoms with E-state index in [2.05, 4.69) is 65.3 Å². The number of rotatable bonds is 8. The van der Waals surface area contributed by atoms with Crippen LogP contribution in [0.2, 0.25) is 0 Å². The third-order valence-corrected chi connectivity index (χ3v) is 6.14. The van der Waals surface area contributed by atoms with E-state index in [0.29, 0.717) is 0 Å². The van der Waals surface area contributed by atoms with Crippen molar-refractivity contribution >= 4 is 74.1 Å². The van der Waals surface area contributed by atoms with Gasteiger partial charge in [-0.3, -0.25) is 18.1 Å². The maximum Gasteiger partial charge on any atom is 0.322 e. The van der Waals surface area contributed by atoms with E-state index in [1.807, 2.05) is 0 Å². The quantitative estimate of drug-likeness (QED) is 0.133. The number of hydrogen-bond acceptors (Lipinski definition) is 10. The third-order valence-electron chi connectivity index (χ3n) is 3.03. The van der Waals surface area contributed by atoms with Crippen molar-refractivity contribution < 1.29 is 67.5 Å². The summed E-state index contributed by atoms with van der Waals surface area (Å²) in [4.78, 5) is 75.0. The van der Waals surface area contributed by atoms with E-state index in [4.69, 9.17) is 0 Å². The summed E-state index contributed by atoms with van der Waals surface area (Å²) in [6.45, 7) is -18.4. The molecule has 0 spiro atoms. The third kappa shape index (κ3) is 9.67. The first-order chi connectivity index (χ1) is 12.2. The molecule has 1 fully saturated rings. The molecular weight excluding hydrogens is 548 g/mol. The number of aliphatic hydroxyl groups is 2. The highest BCUT2D eigenvalue weighted by Crippen LogP contribution is 2.52. The highest BCUT2D eigenvalue weighted by Gasteiger charge is 2.57. The summed E-state index contributed by atoms with van der Waals surface area (Å²) in [5.74, 6) is 0. The molecule has 14 nitrogen and oxygen atoms in total. The van der Waals surface area contributed by atoms with Crippen LogP contribution in [0.5, 0.6) is 0 Å². The average molecular weight is 564 g/mol. The van der Waals surface area contributed by atoms with Crippen molar-refractivity contribution in [2.45, 2.75) is 36.6 Å². The highest BCUT2D eigenvalue weighted by molar-refractivity contribution is 8.07. The second kappa shape index (κ2) is 9.89. The van der Waals surface area contributed by atoms with Crippen LogP contribution in [0.4, 0.5) is 0 Å². The maximum absolute atomic E-state index is 10.3. The van der Waals surface area contributed by atoms with E-state index in [-0.39, 0.29) is 0 Å². The molecule has 0 aliphatic heterocycles. The Kier molecular flexibility index (Phi) is 9.92. The molecule has 10 N–H and O–H groups in total. The first-order valence-corrected chi connectivity index (χ1v) is 17.0. The van der Waals surface area contributed by atoms with Crippen molar-refractivity contribution in [3.63, 3.8) is 0 Å². The summed E-state index contributed by atoms with van der Waals surface area (Å²) in [5.41, 5.74) is 0. The summed E-state index contributed by atoms with van der Waals surface area (Å²) in [6, 6.07) is 0. The predicted octanol–water partition coefficient (Wildman–Crippen LogP) is -2.90. The molecule has 0 saturated heterocycles. The predicted molar refractivity (Wildman–Crippen MR) is 106 cm³/mol. The molecule has 6 atom stereocenters. The Morgan fingerprint density at radius 2 is 0.643 bits per heavy atom. The molecule has 0 aromatic carbocycles. The van der Waals surface area contributed by atoms with E-state index < -0.39 is 63.5 Å². The normalized spacial score (nSPS) is 33.1. The monoisotopic (exact) mass is 564 g/mol. The van der Waals surface area contributed by atoms with E-state index in [1.165, 1.54) is 0 Å². The summed E-state index contributed by atoms with van der Waals surface area (Å²) in [5, 5.41) is 20.7. The molecular formula is C6H16O14P4S4. The van der Waals surface area contributed by atoms with E-state index in [1.54, 1.807) is 0 Å². The van der Waals surface area contributed by atoms with Gasteiger partial charge in [0.1, 0.15) is 36.6 Å². The van der Waals surface area contributed by atoms with Crippen molar-refractivity contribution in [2.24, 2.45) is 0 Å². The molecule has 0 aromatic rings. The largest absolute Gasteiger partial charge is 0.387 e. The molecule has 1 aliphatic carbocycles. The molecule has 168 valence electrons. The van der Waals surface area contributed by atoms with Crippen LogP contribution in [-0.2, 0) is 65.3 Å². The van der Waals surface area contributed by atoms with Gasteiger partial charge in [0.2, 0.25) is 0 Å². The first kappa shape index (κ1) is 28.1. The molecule has 0 amide bonds. The Morgan fingerprint density at radius 1 is 0.429 bits per heavy atom. The van der Waals surface area contributed by atoms with E-state index in [9.17, 15) is 49.4 Å². The van der Waals surface area contributed by atoms with Gasteiger partial charge in [0.15, 0.2) is 0 Å². The lowest BCUT2D eigenvalue weighted by Crippen LogP contribution is -2.65. The molecule has 0 bridgehead atoms. The Morgan fingerprint density at radius 3 is 0.893 bits per heavy atom. The number of hydrogen-bond donors (Lipinski definition) is 10. The zero-order valence-electron chi connectivity index (χ0n) is 13.0. The smallest absolute Gasteiger partial charge is 0.322 e. The minimum Gasteiger partial charge on any atom is -0.387 e. The summed E-state index contributed by atoms with van der Waals surface area (Å²) in [6.07, 6.45) is -12.9. The summed E-state index contributed by atoms with van der Waals surface area (Å²) in [7, 11) is 0. The molecule has 1 aliphatic rings. The Balaban J connectivity index is 3.50. The molecule has 0 heterocycles. The van der Waals surface area contributed by atoms with Crippen molar-refractivity contribution in [3.05, 3.63) is 0 Å². The molecule has 22 heteroatoms. The van der Waals surface area contributed by atoms with Crippen LogP contribution >= 0.6 is 26.9 Å². The minimum absolute atomic E-state index is 2.10. The molecule has 1 saturated carbocycles. The molecule has 0 radical (unpaired) electrons. The Bertz CT molecular complexity index is 702. The lowest BCUT2D eigenvalue weighted by molar-refractivity contribution is -0.203. The zero-order valence-corrected chi connectivity index (χ0v) is 19.8. The molecule has 0 aromatic heterocycles. The molecule has 28 heavy (non-hydrogen) atoms. The molecule has 0 unspecified atom stereocenters. The van der Waals surface area contributed by atoms with Gasteiger partial charge in [0, 0.05) is 0 Å². The second-order valence-electron chi connectivity index (χ2n) is 5.22. The molecule has 1 rings (SSSR count). The van der Waals surface area contributed by atoms with Gasteiger partial charge in [-0.15, -0.1) is 0 Å². The standard InChI is InChI=1S/C6H16O14P4S4/c7-1-3(17-21(9,10)25)2(8)5(19-23(13,14)27)6(20-24(15,16)28)4(1)18-22(11,12)26/h1-8H,(H2,9,10,25)(H2,11,12,26)(H2,13,14,27)(H2,15,16,28)/t1-,2-,3-,4+,5-,6-/m1/s1. The van der Waals surface area contributed by atoms with Crippen LogP contribution in [0, 0.1) is 0 Å². The number of aliphatic hydroxyl groups excluding tert-OH is 2. The van der Waals surface area contributed by atoms with Crippen molar-refractivity contribution in [3.8, 4) is 0 Å². The zero-order chi connectivity index (χ0) is 22.3. The van der Waals surface area contributed by atoms with Gasteiger partial charge in [-0.1, -0.05) is 0 Å². The van der Waals surface area contributed by atoms with Gasteiger partial charge < -0.3 is 49.4 Å². The van der Waals surface area contributed by atoms with Crippen LogP contribution in [0.25, 0.3) is 0 Å². The minimum atomic E-state index is -4.63. The van der Waals surface area contributed by atoms with Gasteiger partial charge in [0.05, 0.1) is 0 Å². The topological polar surface area (TPSA) is 239 Å². The Hall–Kier alpha value is 2.04. The van der Waals surface area contributed by atoms with Crippen LogP contribution in [-0.4, -0.2) is 86.0 Å². The van der Waals surface area contributed by atoms with Crippen molar-refractivity contribution in [1.29, 1.82) is 0 Å². The fourth-order valence-corrected chi connectivity index (χ4v) is 5.71. The van der Waals surface area contributed by atoms with Crippen LogP contribution in [0.1, 0.15) is 0 Å². The SMILES string of the molecule is O[C@@H]1[C@H](OP(O)(O)=S)[C@@H](O)[C@H](OP(O)(O)=S)[C@@H](OP(O)(O)=S)[C@@H]1OP(O)(O)=S. The van der Waals surface area contributed by atoms with Gasteiger partial charge in [-0.05, 0) is 47.2 Å². The van der Waals surface area contributed by atoms with Gasteiger partial charge in [-0.25, -0.2) is 0 Å². The first-order valence-electron chi connectivity index (χ1n) is 6.52. The Labute approximate surface area is 177 Å². The van der Waals surface area contributed by atoms with Gasteiger partial charge in [0.25, 0.3) is 0 Å². The van der Waals surface area contributed by atoms with Crippen LogP contribution in [0.3, 0.4) is 0 Å². The highest BCUT2D eigenvalue weighted by atomic mass is 32.5. The summed E-state index contributed by atoms with van der Waals surface area (Å²) < 4.78 is 18.6. The second-order valence-corrected chi connectivity index (χ2v) is 15.7. The summed E-state index contributed by atoms with van der Waals surface area (Å²) >= 11 is 17.0. The van der Waals surface area contributed by atoms with Crippen LogP contribution in [0.15, 0.2) is 0 Å². The van der Waals surface area contributed by atoms with Gasteiger partial charge in [-0.2, -0.15) is 0 Å². The van der Waals surface area contributed by atoms with E-state index in [0.717, 1.165) is 0 Å². The van der Waals surface area contributed by atoms with Crippen LogP contribution < -0.4 is 0 Å². The average Bonchev–Trinajstić information content (AvgIpc) is 2.39. The maximum atomic E-state index is 10.3. The fourth-order valence-electron chi connectivity index (χ4n) is 2.28. The van der Waals surface area contributed by atoms with Crippen molar-refractivity contribution in [2.75, 3.05) is 0 Å². The lowest BCUT2D eigenvalue weighted by Gasteiger charge is -2.47.